The second kappa shape index (κ2) is 6.04. The first-order valence-electron chi connectivity index (χ1n) is 6.30. The highest BCUT2D eigenvalue weighted by Crippen LogP contribution is 2.11. The molecule has 0 saturated carbocycles. The van der Waals surface area contributed by atoms with E-state index in [-0.39, 0.29) is 18.6 Å². The van der Waals surface area contributed by atoms with E-state index in [1.807, 2.05) is 20.9 Å². The minimum atomic E-state index is -0.973. The number of rotatable bonds is 3. The number of carboxylic acid groups (broad SMARTS) is 1. The zero-order valence-electron chi connectivity index (χ0n) is 11.6. The summed E-state index contributed by atoms with van der Waals surface area (Å²) < 4.78 is 0. The molecule has 1 saturated heterocycles. The van der Waals surface area contributed by atoms with Crippen molar-refractivity contribution < 1.29 is 14.7 Å². The van der Waals surface area contributed by atoms with Crippen LogP contribution in [-0.2, 0) is 4.79 Å². The van der Waals surface area contributed by atoms with Gasteiger partial charge in [0.2, 0.25) is 0 Å². The fourth-order valence-electron chi connectivity index (χ4n) is 2.02. The molecule has 1 fully saturated rings. The van der Waals surface area contributed by atoms with Crippen molar-refractivity contribution in [3.8, 4) is 0 Å². The Hall–Kier alpha value is -1.30. The molecule has 0 aromatic rings. The lowest BCUT2D eigenvalue weighted by molar-refractivity contribution is -0.138. The third-order valence-corrected chi connectivity index (χ3v) is 3.40. The SMILES string of the molecule is CC1CN(C(=O)N(CC(=O)O)C(C)C)CCN1C. The molecule has 1 N–H and O–H groups in total. The molecular weight excluding hydrogens is 234 g/mol. The minimum Gasteiger partial charge on any atom is -0.480 e. The lowest BCUT2D eigenvalue weighted by Crippen LogP contribution is -2.57. The molecule has 1 heterocycles. The van der Waals surface area contributed by atoms with Gasteiger partial charge in [0.05, 0.1) is 0 Å². The second-order valence-corrected chi connectivity index (χ2v) is 5.17. The van der Waals surface area contributed by atoms with Crippen LogP contribution in [0.5, 0.6) is 0 Å². The summed E-state index contributed by atoms with van der Waals surface area (Å²) in [6.07, 6.45) is 0. The normalized spacial score (nSPS) is 21.2. The summed E-state index contributed by atoms with van der Waals surface area (Å²) in [5.74, 6) is -0.973. The number of hydrogen-bond donors (Lipinski definition) is 1. The van der Waals surface area contributed by atoms with E-state index in [0.717, 1.165) is 6.54 Å². The number of carboxylic acids is 1. The van der Waals surface area contributed by atoms with E-state index in [1.54, 1.807) is 4.90 Å². The fourth-order valence-corrected chi connectivity index (χ4v) is 2.02. The van der Waals surface area contributed by atoms with Crippen LogP contribution in [-0.4, -0.2) is 77.1 Å². The van der Waals surface area contributed by atoms with Crippen LogP contribution in [0.15, 0.2) is 0 Å². The molecule has 0 spiro atoms. The van der Waals surface area contributed by atoms with Crippen LogP contribution in [0.2, 0.25) is 0 Å². The minimum absolute atomic E-state index is 0.108. The first-order valence-corrected chi connectivity index (χ1v) is 6.30. The molecule has 1 atom stereocenters. The van der Waals surface area contributed by atoms with Gasteiger partial charge >= 0.3 is 12.0 Å². The number of nitrogens with zero attached hydrogens (tertiary/aromatic N) is 3. The largest absolute Gasteiger partial charge is 0.480 e. The van der Waals surface area contributed by atoms with E-state index in [0.29, 0.717) is 19.1 Å². The maximum Gasteiger partial charge on any atom is 0.323 e. The lowest BCUT2D eigenvalue weighted by atomic mass is 10.2. The summed E-state index contributed by atoms with van der Waals surface area (Å²) >= 11 is 0. The van der Waals surface area contributed by atoms with E-state index >= 15 is 0 Å². The second-order valence-electron chi connectivity index (χ2n) is 5.17. The Balaban J connectivity index is 2.68. The van der Waals surface area contributed by atoms with Crippen LogP contribution >= 0.6 is 0 Å². The number of carbonyl (C=O) groups excluding carboxylic acids is 1. The molecule has 6 nitrogen and oxygen atoms in total. The molecule has 0 aromatic carbocycles. The van der Waals surface area contributed by atoms with Gasteiger partial charge in [0.15, 0.2) is 0 Å². The van der Waals surface area contributed by atoms with Crippen LogP contribution in [0.4, 0.5) is 4.79 Å². The molecule has 18 heavy (non-hydrogen) atoms. The van der Waals surface area contributed by atoms with Gasteiger partial charge in [0, 0.05) is 31.7 Å². The highest BCUT2D eigenvalue weighted by Gasteiger charge is 2.29. The van der Waals surface area contributed by atoms with Crippen molar-refractivity contribution in [1.29, 1.82) is 0 Å². The van der Waals surface area contributed by atoms with Gasteiger partial charge < -0.3 is 19.8 Å². The fraction of sp³-hybridized carbons (Fsp3) is 0.833. The van der Waals surface area contributed by atoms with Crippen molar-refractivity contribution in [3.63, 3.8) is 0 Å². The van der Waals surface area contributed by atoms with Gasteiger partial charge in [0.25, 0.3) is 0 Å². The van der Waals surface area contributed by atoms with E-state index in [4.69, 9.17) is 5.11 Å². The Morgan fingerprint density at radius 3 is 2.44 bits per heavy atom. The van der Waals surface area contributed by atoms with Crippen molar-refractivity contribution in [2.24, 2.45) is 0 Å². The molecule has 1 aliphatic heterocycles. The van der Waals surface area contributed by atoms with E-state index in [2.05, 4.69) is 11.8 Å². The number of urea groups is 1. The molecule has 0 aromatic heterocycles. The van der Waals surface area contributed by atoms with Crippen LogP contribution in [0, 0.1) is 0 Å². The lowest BCUT2D eigenvalue weighted by Gasteiger charge is -2.40. The number of aliphatic carboxylic acids is 1. The third kappa shape index (κ3) is 3.60. The number of likely N-dealkylation sites (N-methyl/N-ethyl adjacent to an activating group) is 1. The summed E-state index contributed by atoms with van der Waals surface area (Å²) in [4.78, 5) is 28.4. The maximum absolute atomic E-state index is 12.3. The van der Waals surface area contributed by atoms with Gasteiger partial charge in [-0.25, -0.2) is 4.79 Å². The van der Waals surface area contributed by atoms with Crippen LogP contribution in [0.3, 0.4) is 0 Å². The Bertz CT molecular complexity index is 320. The maximum atomic E-state index is 12.3. The van der Waals surface area contributed by atoms with Crippen molar-refractivity contribution in [1.82, 2.24) is 14.7 Å². The Labute approximate surface area is 108 Å². The third-order valence-electron chi connectivity index (χ3n) is 3.40. The molecule has 1 aliphatic rings. The molecule has 104 valence electrons. The zero-order chi connectivity index (χ0) is 13.9. The van der Waals surface area contributed by atoms with Crippen molar-refractivity contribution in [2.75, 3.05) is 33.2 Å². The Morgan fingerprint density at radius 2 is 2.00 bits per heavy atom. The van der Waals surface area contributed by atoms with E-state index < -0.39 is 5.97 Å². The number of piperazine rings is 1. The molecule has 2 amide bonds. The number of hydrogen-bond acceptors (Lipinski definition) is 3. The highest BCUT2D eigenvalue weighted by molar-refractivity contribution is 5.80. The average molecular weight is 257 g/mol. The molecule has 1 rings (SSSR count). The first kappa shape index (κ1) is 14.8. The summed E-state index contributed by atoms with van der Waals surface area (Å²) in [5, 5.41) is 8.85. The molecule has 1 unspecified atom stereocenters. The molecule has 0 aliphatic carbocycles. The van der Waals surface area contributed by atoms with E-state index in [1.165, 1.54) is 4.90 Å². The number of carbonyl (C=O) groups is 2. The first-order chi connectivity index (χ1) is 8.32. The standard InChI is InChI=1S/C12H23N3O3/c1-9(2)15(8-11(16)17)12(18)14-6-5-13(4)10(3)7-14/h9-10H,5-8H2,1-4H3,(H,16,17). The summed E-state index contributed by atoms with van der Waals surface area (Å²) in [7, 11) is 2.03. The van der Waals surface area contributed by atoms with Gasteiger partial charge in [0.1, 0.15) is 6.54 Å². The summed E-state index contributed by atoms with van der Waals surface area (Å²) in [6, 6.07) is 0.0254. The molecule has 6 heteroatoms. The van der Waals surface area contributed by atoms with Gasteiger partial charge in [-0.1, -0.05) is 0 Å². The topological polar surface area (TPSA) is 64.1 Å². The van der Waals surface area contributed by atoms with Crippen LogP contribution < -0.4 is 0 Å². The van der Waals surface area contributed by atoms with Gasteiger partial charge in [-0.2, -0.15) is 0 Å². The van der Waals surface area contributed by atoms with Crippen LogP contribution in [0.25, 0.3) is 0 Å². The van der Waals surface area contributed by atoms with Crippen molar-refractivity contribution in [2.45, 2.75) is 32.9 Å². The quantitative estimate of drug-likeness (QED) is 0.801. The van der Waals surface area contributed by atoms with Gasteiger partial charge in [-0.3, -0.25) is 4.79 Å². The zero-order valence-corrected chi connectivity index (χ0v) is 11.6. The molecular formula is C12H23N3O3. The van der Waals surface area contributed by atoms with Crippen LogP contribution in [0.1, 0.15) is 20.8 Å². The Kier molecular flexibility index (Phi) is 4.95. The van der Waals surface area contributed by atoms with Crippen molar-refractivity contribution in [3.05, 3.63) is 0 Å². The monoisotopic (exact) mass is 257 g/mol. The highest BCUT2D eigenvalue weighted by atomic mass is 16.4. The smallest absolute Gasteiger partial charge is 0.323 e. The summed E-state index contributed by atoms with van der Waals surface area (Å²) in [6.45, 7) is 7.63. The van der Waals surface area contributed by atoms with E-state index in [9.17, 15) is 9.59 Å². The Morgan fingerprint density at radius 1 is 1.39 bits per heavy atom. The summed E-state index contributed by atoms with van der Waals surface area (Å²) in [5.41, 5.74) is 0. The number of amides is 2. The average Bonchev–Trinajstić information content (AvgIpc) is 2.28. The molecule has 0 radical (unpaired) electrons. The molecule has 0 bridgehead atoms. The van der Waals surface area contributed by atoms with Crippen molar-refractivity contribution >= 4 is 12.0 Å². The predicted octanol–water partition coefficient (Wildman–Crippen LogP) is 0.537. The van der Waals surface area contributed by atoms with Gasteiger partial charge in [-0.05, 0) is 27.8 Å². The van der Waals surface area contributed by atoms with Gasteiger partial charge in [-0.15, -0.1) is 0 Å². The predicted molar refractivity (Wildman–Crippen MR) is 68.5 cm³/mol.